The largest absolute Gasteiger partial charge is 0.405 e. The molecule has 0 aliphatic carbocycles. The number of rotatable bonds is 6. The second-order valence-electron chi connectivity index (χ2n) is 6.00. The number of aliphatic hydroxyl groups is 8. The third-order valence-corrected chi connectivity index (χ3v) is 4.97. The van der Waals surface area contributed by atoms with Crippen LogP contribution >= 0.6 is 0 Å². The molecule has 27 heavy (non-hydrogen) atoms. The van der Waals surface area contributed by atoms with E-state index in [1.54, 1.807) is 0 Å². The normalized spacial score (nSPS) is 46.4. The Hall–Kier alpha value is -0.530. The summed E-state index contributed by atoms with van der Waals surface area (Å²) >= 11 is 0. The third-order valence-electron chi connectivity index (χ3n) is 4.12. The van der Waals surface area contributed by atoms with Gasteiger partial charge in [0, 0.05) is 0 Å². The summed E-state index contributed by atoms with van der Waals surface area (Å²) in [4.78, 5) is 0. The van der Waals surface area contributed by atoms with E-state index in [0.29, 0.717) is 0 Å². The maximum Gasteiger partial charge on any atom is 0.405 e. The van der Waals surface area contributed by atoms with Crippen LogP contribution in [0.4, 0.5) is 0 Å². The van der Waals surface area contributed by atoms with Crippen LogP contribution in [0.25, 0.3) is 0 Å². The Balaban J connectivity index is 2.07. The molecule has 2 fully saturated rings. The zero-order valence-corrected chi connectivity index (χ0v) is 14.4. The summed E-state index contributed by atoms with van der Waals surface area (Å²) in [5, 5.41) is 76.0. The standard InChI is InChI=1S/C12H22O14S/c13-1-3-5(15)7(17)9(19)11(23-3)25-27(21,22)26-12-10(20)8(18)6(16)4(2-14)24-12/h3-20H,1-2H2/t3-,4-,5+,6+,7+,8+,9-,10-,11-,12-/m1/s1. The molecule has 160 valence electrons. The molecule has 0 unspecified atom stereocenters. The Kier molecular flexibility index (Phi) is 7.47. The first-order chi connectivity index (χ1) is 12.5. The van der Waals surface area contributed by atoms with E-state index in [0.717, 1.165) is 0 Å². The number of aliphatic hydroxyl groups excluding tert-OH is 8. The lowest BCUT2D eigenvalue weighted by atomic mass is 9.99. The SMILES string of the molecule is O=S(=O)(O[C@H]1O[C@H](CO)[C@H](O)[C@H](O)[C@H]1O)O[C@H]1O[C@H](CO)[C@H](O)[C@H](O)[C@H]1O. The molecule has 0 aromatic rings. The van der Waals surface area contributed by atoms with E-state index in [2.05, 4.69) is 8.37 Å². The minimum absolute atomic E-state index is 0.835. The molecule has 15 heteroatoms. The lowest BCUT2D eigenvalue weighted by Crippen LogP contribution is -2.61. The second kappa shape index (κ2) is 8.87. The van der Waals surface area contributed by atoms with Gasteiger partial charge in [-0.3, -0.25) is 0 Å². The molecule has 14 nitrogen and oxygen atoms in total. The first-order valence-corrected chi connectivity index (χ1v) is 9.08. The second-order valence-corrected chi connectivity index (χ2v) is 7.20. The van der Waals surface area contributed by atoms with Crippen LogP contribution in [0.5, 0.6) is 0 Å². The summed E-state index contributed by atoms with van der Waals surface area (Å²) in [7, 11) is -5.11. The summed E-state index contributed by atoms with van der Waals surface area (Å²) in [5.41, 5.74) is 0. The monoisotopic (exact) mass is 422 g/mol. The fourth-order valence-corrected chi connectivity index (χ4v) is 3.38. The molecule has 0 aromatic heterocycles. The van der Waals surface area contributed by atoms with E-state index in [1.165, 1.54) is 0 Å². The van der Waals surface area contributed by atoms with Crippen LogP contribution in [0, 0.1) is 0 Å². The van der Waals surface area contributed by atoms with Crippen molar-refractivity contribution in [1.82, 2.24) is 0 Å². The predicted molar refractivity (Wildman–Crippen MR) is 78.6 cm³/mol. The average molecular weight is 422 g/mol. The van der Waals surface area contributed by atoms with Crippen LogP contribution in [0.15, 0.2) is 0 Å². The van der Waals surface area contributed by atoms with Gasteiger partial charge in [-0.05, 0) is 0 Å². The van der Waals surface area contributed by atoms with E-state index in [-0.39, 0.29) is 0 Å². The molecular formula is C12H22O14S. The zero-order chi connectivity index (χ0) is 20.5. The van der Waals surface area contributed by atoms with Crippen molar-refractivity contribution in [3.05, 3.63) is 0 Å². The van der Waals surface area contributed by atoms with Gasteiger partial charge in [0.1, 0.15) is 48.8 Å². The topological polar surface area (TPSA) is 233 Å². The Labute approximate surface area is 153 Å². The van der Waals surface area contributed by atoms with Crippen LogP contribution in [0.3, 0.4) is 0 Å². The van der Waals surface area contributed by atoms with Gasteiger partial charge in [-0.15, -0.1) is 0 Å². The van der Waals surface area contributed by atoms with Gasteiger partial charge in [-0.25, -0.2) is 8.37 Å². The maximum atomic E-state index is 12.0. The molecule has 0 saturated carbocycles. The van der Waals surface area contributed by atoms with Crippen LogP contribution < -0.4 is 0 Å². The zero-order valence-electron chi connectivity index (χ0n) is 13.6. The third kappa shape index (κ3) is 4.91. The first kappa shape index (κ1) is 22.8. The molecule has 0 amide bonds. The molecule has 8 N–H and O–H groups in total. The van der Waals surface area contributed by atoms with Gasteiger partial charge in [0.15, 0.2) is 0 Å². The van der Waals surface area contributed by atoms with Crippen molar-refractivity contribution in [3.63, 3.8) is 0 Å². The van der Waals surface area contributed by atoms with Crippen molar-refractivity contribution in [1.29, 1.82) is 0 Å². The molecular weight excluding hydrogens is 400 g/mol. The summed E-state index contributed by atoms with van der Waals surface area (Å²) < 4.78 is 42.5. The minimum Gasteiger partial charge on any atom is -0.394 e. The number of hydrogen-bond acceptors (Lipinski definition) is 14. The molecule has 0 radical (unpaired) electrons. The molecule has 2 saturated heterocycles. The highest BCUT2D eigenvalue weighted by molar-refractivity contribution is 7.81. The lowest BCUT2D eigenvalue weighted by molar-refractivity contribution is -0.290. The van der Waals surface area contributed by atoms with E-state index in [4.69, 9.17) is 19.7 Å². The molecule has 0 spiro atoms. The van der Waals surface area contributed by atoms with Gasteiger partial charge in [0.05, 0.1) is 13.2 Å². The average Bonchev–Trinajstić information content (AvgIpc) is 2.62. The van der Waals surface area contributed by atoms with Gasteiger partial charge >= 0.3 is 10.4 Å². The van der Waals surface area contributed by atoms with Gasteiger partial charge < -0.3 is 50.3 Å². The quantitative estimate of drug-likeness (QED) is 0.199. The molecule has 10 atom stereocenters. The van der Waals surface area contributed by atoms with Crippen molar-refractivity contribution in [2.24, 2.45) is 0 Å². The fourth-order valence-electron chi connectivity index (χ4n) is 2.55. The van der Waals surface area contributed by atoms with Crippen LogP contribution in [0.1, 0.15) is 0 Å². The van der Waals surface area contributed by atoms with Crippen molar-refractivity contribution >= 4 is 10.4 Å². The Morgan fingerprint density at radius 1 is 0.630 bits per heavy atom. The summed E-state index contributed by atoms with van der Waals surface area (Å²) in [6.07, 6.45) is -18.5. The molecule has 2 heterocycles. The number of ether oxygens (including phenoxy) is 2. The van der Waals surface area contributed by atoms with E-state index < -0.39 is 85.0 Å². The van der Waals surface area contributed by atoms with Gasteiger partial charge in [0.2, 0.25) is 12.6 Å². The van der Waals surface area contributed by atoms with Crippen molar-refractivity contribution in [3.8, 4) is 0 Å². The Morgan fingerprint density at radius 3 is 1.26 bits per heavy atom. The lowest BCUT2D eigenvalue weighted by Gasteiger charge is -2.40. The summed E-state index contributed by atoms with van der Waals surface area (Å²) in [5.74, 6) is 0. The van der Waals surface area contributed by atoms with Crippen molar-refractivity contribution in [2.75, 3.05) is 13.2 Å². The van der Waals surface area contributed by atoms with Crippen molar-refractivity contribution in [2.45, 2.75) is 61.4 Å². The highest BCUT2D eigenvalue weighted by Crippen LogP contribution is 2.27. The molecule has 0 aromatic carbocycles. The van der Waals surface area contributed by atoms with Crippen LogP contribution in [0.2, 0.25) is 0 Å². The molecule has 0 bridgehead atoms. The maximum absolute atomic E-state index is 12.0. The van der Waals surface area contributed by atoms with Crippen LogP contribution in [-0.2, 0) is 28.2 Å². The van der Waals surface area contributed by atoms with Crippen molar-refractivity contribution < 1.29 is 67.1 Å². The fraction of sp³-hybridized carbons (Fsp3) is 1.00. The molecule has 2 rings (SSSR count). The van der Waals surface area contributed by atoms with Gasteiger partial charge in [0.25, 0.3) is 0 Å². The van der Waals surface area contributed by atoms with E-state index >= 15 is 0 Å². The van der Waals surface area contributed by atoms with Gasteiger partial charge in [-0.1, -0.05) is 0 Å². The molecule has 2 aliphatic rings. The highest BCUT2D eigenvalue weighted by Gasteiger charge is 2.49. The molecule has 2 aliphatic heterocycles. The van der Waals surface area contributed by atoms with Crippen LogP contribution in [-0.4, -0.2) is 124 Å². The Morgan fingerprint density at radius 2 is 0.963 bits per heavy atom. The number of hydrogen-bond donors (Lipinski definition) is 8. The summed E-state index contributed by atoms with van der Waals surface area (Å²) in [6, 6.07) is 0. The first-order valence-electron chi connectivity index (χ1n) is 7.75. The van der Waals surface area contributed by atoms with Gasteiger partial charge in [-0.2, -0.15) is 8.42 Å². The highest BCUT2D eigenvalue weighted by atomic mass is 32.3. The van der Waals surface area contributed by atoms with E-state index in [9.17, 15) is 39.1 Å². The summed E-state index contributed by atoms with van der Waals surface area (Å²) in [6.45, 7) is -1.67. The minimum atomic E-state index is -5.11. The van der Waals surface area contributed by atoms with E-state index in [1.807, 2.05) is 0 Å². The predicted octanol–water partition coefficient (Wildman–Crippen LogP) is -6.14. The Bertz CT molecular complexity index is 537. The smallest absolute Gasteiger partial charge is 0.394 e.